The van der Waals surface area contributed by atoms with E-state index in [9.17, 15) is 0 Å². The molecule has 0 heterocycles. The van der Waals surface area contributed by atoms with E-state index in [0.29, 0.717) is 0 Å². The third-order valence-corrected chi connectivity index (χ3v) is 1.81. The maximum absolute atomic E-state index is 3.66. The fraction of sp³-hybridized carbons (Fsp3) is 0.700. The maximum atomic E-state index is 3.66. The Morgan fingerprint density at radius 2 is 2.00 bits per heavy atom. The summed E-state index contributed by atoms with van der Waals surface area (Å²) in [5.74, 6) is 0. The van der Waals surface area contributed by atoms with Gasteiger partial charge in [-0.15, -0.1) is 0 Å². The standard InChI is InChI=1S/C10H20N.Li/c1-4-7-9-11(6-3)10-8-5-2;/h4,7H,1,5-6,8-10H2,2-3H3;/q-1;+1. The molecule has 0 aromatic carbocycles. The minimum atomic E-state index is 0. The van der Waals surface area contributed by atoms with Gasteiger partial charge in [-0.05, 0) is 26.1 Å². The van der Waals surface area contributed by atoms with E-state index < -0.39 is 0 Å². The Balaban J connectivity index is 0. The van der Waals surface area contributed by atoms with Crippen LogP contribution in [0.2, 0.25) is 0 Å². The van der Waals surface area contributed by atoms with Crippen molar-refractivity contribution in [3.63, 3.8) is 0 Å². The molecular weight excluding hydrogens is 141 g/mol. The third kappa shape index (κ3) is 8.27. The average Bonchev–Trinajstić information content (AvgIpc) is 2.05. The predicted molar refractivity (Wildman–Crippen MR) is 51.5 cm³/mol. The van der Waals surface area contributed by atoms with Crippen LogP contribution in [-0.2, 0) is 0 Å². The molecule has 0 rings (SSSR count). The molecule has 12 heavy (non-hydrogen) atoms. The van der Waals surface area contributed by atoms with Crippen LogP contribution in [0.3, 0.4) is 0 Å². The molecule has 0 aromatic heterocycles. The molecular formula is C10H20LiN. The smallest absolute Gasteiger partial charge is 0.316 e. The first-order valence-corrected chi connectivity index (χ1v) is 4.51. The van der Waals surface area contributed by atoms with Gasteiger partial charge in [-0.25, -0.2) is 19.1 Å². The van der Waals surface area contributed by atoms with E-state index in [-0.39, 0.29) is 18.9 Å². The zero-order valence-corrected chi connectivity index (χ0v) is 8.84. The molecule has 2 heteroatoms. The molecule has 0 aromatic rings. The van der Waals surface area contributed by atoms with Crippen LogP contribution >= 0.6 is 0 Å². The van der Waals surface area contributed by atoms with Crippen LogP contribution in [0, 0.1) is 6.92 Å². The van der Waals surface area contributed by atoms with Crippen molar-refractivity contribution in [1.82, 2.24) is 4.90 Å². The summed E-state index contributed by atoms with van der Waals surface area (Å²) in [5.41, 5.74) is 0. The largest absolute Gasteiger partial charge is 1.00 e. The van der Waals surface area contributed by atoms with Gasteiger partial charge < -0.3 is 4.90 Å². The van der Waals surface area contributed by atoms with Crippen molar-refractivity contribution in [1.29, 1.82) is 0 Å². The van der Waals surface area contributed by atoms with Crippen LogP contribution in [0.1, 0.15) is 26.7 Å². The zero-order valence-electron chi connectivity index (χ0n) is 8.84. The number of likely N-dealkylation sites (N-methyl/N-ethyl adjacent to an activating group) is 1. The molecule has 0 N–H and O–H groups in total. The van der Waals surface area contributed by atoms with Gasteiger partial charge in [-0.2, -0.15) is 0 Å². The summed E-state index contributed by atoms with van der Waals surface area (Å²) in [4.78, 5) is 2.42. The SMILES string of the molecule is [CH2-]C=CCN(CC)CCCC.[Li+]. The Kier molecular flexibility index (Phi) is 13.7. The average molecular weight is 161 g/mol. The molecule has 0 aliphatic rings. The molecule has 66 valence electrons. The summed E-state index contributed by atoms with van der Waals surface area (Å²) >= 11 is 0. The topological polar surface area (TPSA) is 3.24 Å². The summed E-state index contributed by atoms with van der Waals surface area (Å²) in [7, 11) is 0. The second-order valence-electron chi connectivity index (χ2n) is 2.72. The fourth-order valence-corrected chi connectivity index (χ4v) is 0.984. The van der Waals surface area contributed by atoms with Gasteiger partial charge in [0.15, 0.2) is 0 Å². The van der Waals surface area contributed by atoms with Gasteiger partial charge in [0.1, 0.15) is 0 Å². The van der Waals surface area contributed by atoms with E-state index in [1.165, 1.54) is 19.4 Å². The molecule has 0 radical (unpaired) electrons. The first-order chi connectivity index (χ1) is 5.35. The molecule has 0 bridgehead atoms. The number of nitrogens with zero attached hydrogens (tertiary/aromatic N) is 1. The van der Waals surface area contributed by atoms with Crippen molar-refractivity contribution < 1.29 is 18.9 Å². The van der Waals surface area contributed by atoms with Crippen molar-refractivity contribution in [2.24, 2.45) is 0 Å². The van der Waals surface area contributed by atoms with E-state index in [4.69, 9.17) is 0 Å². The second-order valence-corrected chi connectivity index (χ2v) is 2.72. The molecule has 0 saturated carbocycles. The van der Waals surface area contributed by atoms with Crippen LogP contribution < -0.4 is 18.9 Å². The zero-order chi connectivity index (χ0) is 8.53. The normalized spacial score (nSPS) is 10.6. The minimum absolute atomic E-state index is 0. The Labute approximate surface area is 89.4 Å². The number of allylic oxidation sites excluding steroid dienone is 1. The summed E-state index contributed by atoms with van der Waals surface area (Å²) in [6, 6.07) is 0. The molecule has 0 atom stereocenters. The quantitative estimate of drug-likeness (QED) is 0.375. The molecule has 0 saturated heterocycles. The molecule has 0 aliphatic carbocycles. The van der Waals surface area contributed by atoms with Gasteiger partial charge in [0.25, 0.3) is 0 Å². The van der Waals surface area contributed by atoms with Gasteiger partial charge in [0.2, 0.25) is 0 Å². The Bertz CT molecular complexity index is 102. The van der Waals surface area contributed by atoms with Crippen molar-refractivity contribution in [3.8, 4) is 0 Å². The van der Waals surface area contributed by atoms with Gasteiger partial charge in [-0.1, -0.05) is 20.3 Å². The van der Waals surface area contributed by atoms with Gasteiger partial charge in [-0.3, -0.25) is 0 Å². The van der Waals surface area contributed by atoms with Crippen LogP contribution in [-0.4, -0.2) is 24.5 Å². The summed E-state index contributed by atoms with van der Waals surface area (Å²) in [6.07, 6.45) is 6.57. The van der Waals surface area contributed by atoms with Crippen molar-refractivity contribution in [3.05, 3.63) is 19.1 Å². The Hall–Kier alpha value is 0.167. The molecule has 0 amide bonds. The number of unbranched alkanes of at least 4 members (excludes halogenated alkanes) is 1. The number of hydrogen-bond donors (Lipinski definition) is 0. The molecule has 1 nitrogen and oxygen atoms in total. The molecule has 0 unspecified atom stereocenters. The van der Waals surface area contributed by atoms with E-state index in [1.54, 1.807) is 0 Å². The maximum Gasteiger partial charge on any atom is 1.00 e. The first kappa shape index (κ1) is 14.7. The summed E-state index contributed by atoms with van der Waals surface area (Å²) in [5, 5.41) is 0. The van der Waals surface area contributed by atoms with E-state index in [2.05, 4.69) is 31.7 Å². The molecule has 0 aliphatic heterocycles. The predicted octanol–water partition coefficient (Wildman–Crippen LogP) is -0.497. The van der Waals surface area contributed by atoms with Crippen LogP contribution in [0.25, 0.3) is 0 Å². The van der Waals surface area contributed by atoms with Crippen LogP contribution in [0.4, 0.5) is 0 Å². The minimum Gasteiger partial charge on any atom is -0.316 e. The number of hydrogen-bond acceptors (Lipinski definition) is 1. The van der Waals surface area contributed by atoms with Crippen LogP contribution in [0.15, 0.2) is 12.2 Å². The van der Waals surface area contributed by atoms with E-state index in [1.807, 2.05) is 6.08 Å². The number of rotatable bonds is 6. The van der Waals surface area contributed by atoms with Crippen molar-refractivity contribution in [2.75, 3.05) is 19.6 Å². The van der Waals surface area contributed by atoms with Crippen molar-refractivity contribution in [2.45, 2.75) is 26.7 Å². The van der Waals surface area contributed by atoms with Crippen LogP contribution in [0.5, 0.6) is 0 Å². The summed E-state index contributed by atoms with van der Waals surface area (Å²) < 4.78 is 0. The second kappa shape index (κ2) is 11.2. The van der Waals surface area contributed by atoms with Gasteiger partial charge in [0, 0.05) is 0 Å². The molecule has 0 spiro atoms. The first-order valence-electron chi connectivity index (χ1n) is 4.51. The van der Waals surface area contributed by atoms with Gasteiger partial charge >= 0.3 is 18.9 Å². The Morgan fingerprint density at radius 3 is 2.42 bits per heavy atom. The van der Waals surface area contributed by atoms with E-state index >= 15 is 0 Å². The van der Waals surface area contributed by atoms with E-state index in [0.717, 1.165) is 13.1 Å². The monoisotopic (exact) mass is 161 g/mol. The van der Waals surface area contributed by atoms with Crippen molar-refractivity contribution >= 4 is 0 Å². The fourth-order valence-electron chi connectivity index (χ4n) is 0.984. The third-order valence-electron chi connectivity index (χ3n) is 1.81. The molecule has 0 fully saturated rings. The Morgan fingerprint density at radius 1 is 1.33 bits per heavy atom. The summed E-state index contributed by atoms with van der Waals surface area (Å²) in [6.45, 7) is 11.5. The van der Waals surface area contributed by atoms with Gasteiger partial charge in [0.05, 0.1) is 0 Å².